The smallest absolute Gasteiger partial charge is 0.347 e. The van der Waals surface area contributed by atoms with Gasteiger partial charge in [0.05, 0.1) is 6.54 Å². The third kappa shape index (κ3) is 2.01. The average Bonchev–Trinajstić information content (AvgIpc) is 2.24. The van der Waals surface area contributed by atoms with E-state index in [1.165, 1.54) is 10.8 Å². The topological polar surface area (TPSA) is 73.8 Å². The van der Waals surface area contributed by atoms with Gasteiger partial charge >= 0.3 is 5.69 Å². The molecule has 0 aliphatic carbocycles. The highest BCUT2D eigenvalue weighted by Crippen LogP contribution is 2.07. The fourth-order valence-electron chi connectivity index (χ4n) is 1.28. The molecule has 0 aliphatic rings. The molecule has 0 fully saturated rings. The quantitative estimate of drug-likeness (QED) is 0.758. The molecule has 0 unspecified atom stereocenters. The largest absolute Gasteiger partial charge is 0.383 e. The summed E-state index contributed by atoms with van der Waals surface area (Å²) in [5.41, 5.74) is 6.19. The van der Waals surface area contributed by atoms with Crippen molar-refractivity contribution in [3.05, 3.63) is 52.8 Å². The molecule has 0 saturated carbocycles. The first kappa shape index (κ1) is 9.39. The molecular weight excluding hydrogens is 192 g/mol. The minimum Gasteiger partial charge on any atom is -0.383 e. The maximum atomic E-state index is 11.3. The fraction of sp³-hybridized carbons (Fsp3) is 0.100. The normalized spacial score (nSPS) is 10.1. The number of rotatable bonds is 2. The van der Waals surface area contributed by atoms with E-state index in [-0.39, 0.29) is 5.69 Å². The molecule has 5 nitrogen and oxygen atoms in total. The van der Waals surface area contributed by atoms with Crippen LogP contribution < -0.4 is 11.4 Å². The summed E-state index contributed by atoms with van der Waals surface area (Å²) in [6.45, 7) is 0.395. The summed E-state index contributed by atoms with van der Waals surface area (Å²) in [7, 11) is 0. The van der Waals surface area contributed by atoms with Gasteiger partial charge in [0.1, 0.15) is 5.82 Å². The summed E-state index contributed by atoms with van der Waals surface area (Å²) in [5.74, 6) is 0.438. The minimum absolute atomic E-state index is 0.291. The Bertz CT molecular complexity index is 521. The molecule has 5 heteroatoms. The Morgan fingerprint density at radius 1 is 1.27 bits per heavy atom. The SMILES string of the molecule is Nc1ncccc1Cn1cccnc1=O. The second-order valence-electron chi connectivity index (χ2n) is 3.08. The second-order valence-corrected chi connectivity index (χ2v) is 3.08. The van der Waals surface area contributed by atoms with Crippen molar-refractivity contribution < 1.29 is 0 Å². The number of nitrogens with two attached hydrogens (primary N) is 1. The zero-order valence-electron chi connectivity index (χ0n) is 8.00. The van der Waals surface area contributed by atoms with Crippen LogP contribution in [-0.2, 0) is 6.54 Å². The maximum absolute atomic E-state index is 11.3. The molecule has 2 rings (SSSR count). The second kappa shape index (κ2) is 3.91. The summed E-state index contributed by atoms with van der Waals surface area (Å²) in [6.07, 6.45) is 4.75. The number of nitrogen functional groups attached to an aromatic ring is 1. The lowest BCUT2D eigenvalue weighted by Crippen LogP contribution is -2.22. The van der Waals surface area contributed by atoms with E-state index in [1.807, 2.05) is 6.07 Å². The van der Waals surface area contributed by atoms with Crippen LogP contribution in [0.3, 0.4) is 0 Å². The standard InChI is InChI=1S/C10H10N4O/c11-9-8(3-1-4-12-9)7-14-6-2-5-13-10(14)15/h1-6H,7H2,(H2,11,12). The van der Waals surface area contributed by atoms with Crippen LogP contribution in [0, 0.1) is 0 Å². The lowest BCUT2D eigenvalue weighted by molar-refractivity contribution is 0.726. The van der Waals surface area contributed by atoms with Gasteiger partial charge in [-0.3, -0.25) is 4.57 Å². The van der Waals surface area contributed by atoms with Gasteiger partial charge < -0.3 is 5.73 Å². The van der Waals surface area contributed by atoms with Gasteiger partial charge in [0.25, 0.3) is 0 Å². The van der Waals surface area contributed by atoms with Crippen molar-refractivity contribution in [1.29, 1.82) is 0 Å². The summed E-state index contributed by atoms with van der Waals surface area (Å²) in [4.78, 5) is 18.9. The summed E-state index contributed by atoms with van der Waals surface area (Å²) >= 11 is 0. The van der Waals surface area contributed by atoms with Gasteiger partial charge in [0.15, 0.2) is 0 Å². The third-order valence-electron chi connectivity index (χ3n) is 2.05. The third-order valence-corrected chi connectivity index (χ3v) is 2.05. The monoisotopic (exact) mass is 202 g/mol. The minimum atomic E-state index is -0.291. The molecule has 0 spiro atoms. The highest BCUT2D eigenvalue weighted by atomic mass is 16.1. The van der Waals surface area contributed by atoms with Crippen molar-refractivity contribution in [2.24, 2.45) is 0 Å². The highest BCUT2D eigenvalue weighted by Gasteiger charge is 2.01. The van der Waals surface area contributed by atoms with E-state index in [2.05, 4.69) is 9.97 Å². The molecule has 2 aromatic heterocycles. The first-order chi connectivity index (χ1) is 7.27. The van der Waals surface area contributed by atoms with Crippen molar-refractivity contribution in [2.45, 2.75) is 6.54 Å². The van der Waals surface area contributed by atoms with Crippen LogP contribution in [0.15, 0.2) is 41.6 Å². The van der Waals surface area contributed by atoms with Crippen molar-refractivity contribution in [1.82, 2.24) is 14.5 Å². The van der Waals surface area contributed by atoms with Crippen molar-refractivity contribution >= 4 is 5.82 Å². The number of hydrogen-bond donors (Lipinski definition) is 1. The Labute approximate surface area is 86.2 Å². The van der Waals surface area contributed by atoms with Crippen LogP contribution in [0.2, 0.25) is 0 Å². The van der Waals surface area contributed by atoms with E-state index in [1.54, 1.807) is 24.5 Å². The van der Waals surface area contributed by atoms with E-state index in [4.69, 9.17) is 5.73 Å². The van der Waals surface area contributed by atoms with Crippen LogP contribution in [0.4, 0.5) is 5.82 Å². The van der Waals surface area contributed by atoms with Crippen LogP contribution in [0.5, 0.6) is 0 Å². The van der Waals surface area contributed by atoms with Crippen LogP contribution in [0.1, 0.15) is 5.56 Å². The molecule has 0 atom stereocenters. The molecule has 0 aliphatic heterocycles. The molecule has 15 heavy (non-hydrogen) atoms. The van der Waals surface area contributed by atoms with E-state index < -0.39 is 0 Å². The van der Waals surface area contributed by atoms with Crippen molar-refractivity contribution in [3.63, 3.8) is 0 Å². The van der Waals surface area contributed by atoms with Gasteiger partial charge in [-0.15, -0.1) is 0 Å². The van der Waals surface area contributed by atoms with Gasteiger partial charge in [-0.2, -0.15) is 0 Å². The van der Waals surface area contributed by atoms with Gasteiger partial charge in [0, 0.05) is 24.2 Å². The Balaban J connectivity index is 2.34. The number of aromatic nitrogens is 3. The molecule has 0 radical (unpaired) electrons. The number of pyridine rings is 1. The average molecular weight is 202 g/mol. The zero-order chi connectivity index (χ0) is 10.7. The number of anilines is 1. The molecule has 0 bridgehead atoms. The van der Waals surface area contributed by atoms with Gasteiger partial charge in [-0.1, -0.05) is 6.07 Å². The molecular formula is C10H10N4O. The van der Waals surface area contributed by atoms with Crippen LogP contribution in [0.25, 0.3) is 0 Å². The van der Waals surface area contributed by atoms with E-state index in [9.17, 15) is 4.79 Å². The Kier molecular flexibility index (Phi) is 2.45. The fourth-order valence-corrected chi connectivity index (χ4v) is 1.28. The molecule has 0 amide bonds. The Morgan fingerprint density at radius 2 is 2.07 bits per heavy atom. The summed E-state index contributed by atoms with van der Waals surface area (Å²) in [6, 6.07) is 5.32. The predicted molar refractivity (Wildman–Crippen MR) is 56.2 cm³/mol. The summed E-state index contributed by atoms with van der Waals surface area (Å²) < 4.78 is 1.48. The molecule has 2 aromatic rings. The lowest BCUT2D eigenvalue weighted by atomic mass is 10.2. The number of nitrogens with zero attached hydrogens (tertiary/aromatic N) is 3. The first-order valence-electron chi connectivity index (χ1n) is 4.48. The van der Waals surface area contributed by atoms with Gasteiger partial charge in [0.2, 0.25) is 0 Å². The van der Waals surface area contributed by atoms with Crippen LogP contribution >= 0.6 is 0 Å². The van der Waals surface area contributed by atoms with E-state index in [0.29, 0.717) is 12.4 Å². The molecule has 76 valence electrons. The van der Waals surface area contributed by atoms with Crippen LogP contribution in [-0.4, -0.2) is 14.5 Å². The lowest BCUT2D eigenvalue weighted by Gasteiger charge is -2.05. The van der Waals surface area contributed by atoms with E-state index >= 15 is 0 Å². The Morgan fingerprint density at radius 3 is 2.80 bits per heavy atom. The summed E-state index contributed by atoms with van der Waals surface area (Å²) in [5, 5.41) is 0. The van der Waals surface area contributed by atoms with Crippen molar-refractivity contribution in [3.8, 4) is 0 Å². The van der Waals surface area contributed by atoms with E-state index in [0.717, 1.165) is 5.56 Å². The maximum Gasteiger partial charge on any atom is 0.347 e. The first-order valence-corrected chi connectivity index (χ1v) is 4.48. The molecule has 2 heterocycles. The zero-order valence-corrected chi connectivity index (χ0v) is 8.00. The Hall–Kier alpha value is -2.17. The van der Waals surface area contributed by atoms with Gasteiger partial charge in [-0.25, -0.2) is 14.8 Å². The molecule has 0 aromatic carbocycles. The van der Waals surface area contributed by atoms with Gasteiger partial charge in [-0.05, 0) is 12.1 Å². The molecule has 2 N–H and O–H groups in total. The highest BCUT2D eigenvalue weighted by molar-refractivity contribution is 5.38. The number of hydrogen-bond acceptors (Lipinski definition) is 4. The predicted octanol–water partition coefficient (Wildman–Crippen LogP) is 0.269. The molecule has 0 saturated heterocycles. The van der Waals surface area contributed by atoms with Crippen molar-refractivity contribution in [2.75, 3.05) is 5.73 Å².